The van der Waals surface area contributed by atoms with Gasteiger partial charge in [-0.1, -0.05) is 28.1 Å². The molecule has 0 fully saturated rings. The number of esters is 1. The number of nitrogens with one attached hydrogen (secondary N) is 1. The minimum Gasteiger partial charge on any atom is -0.484 e. The van der Waals surface area contributed by atoms with Gasteiger partial charge in [-0.15, -0.1) is 0 Å². The van der Waals surface area contributed by atoms with Gasteiger partial charge in [-0.25, -0.2) is 4.79 Å². The number of benzene rings is 2. The number of para-hydroxylation sites is 1. The number of carbonyl (C=O) groups excluding carboxylic acids is 2. The summed E-state index contributed by atoms with van der Waals surface area (Å²) in [5, 5.41) is 3.27. The molecule has 6 nitrogen and oxygen atoms in total. The van der Waals surface area contributed by atoms with Crippen molar-refractivity contribution in [3.63, 3.8) is 0 Å². The molecule has 0 saturated carbocycles. The van der Waals surface area contributed by atoms with Crippen molar-refractivity contribution < 1.29 is 23.5 Å². The van der Waals surface area contributed by atoms with Crippen molar-refractivity contribution in [2.24, 2.45) is 0 Å². The van der Waals surface area contributed by atoms with Gasteiger partial charge in [0, 0.05) is 9.86 Å². The molecular weight excluding hydrogens is 390 g/mol. The van der Waals surface area contributed by atoms with Crippen molar-refractivity contribution in [3.8, 4) is 5.75 Å². The lowest BCUT2D eigenvalue weighted by Gasteiger charge is -2.07. The molecule has 3 aromatic rings. The van der Waals surface area contributed by atoms with Gasteiger partial charge in [-0.05, 0) is 36.4 Å². The Balaban J connectivity index is 1.78. The highest BCUT2D eigenvalue weighted by Gasteiger charge is 2.22. The highest BCUT2D eigenvalue weighted by atomic mass is 79.9. The van der Waals surface area contributed by atoms with Crippen LogP contribution in [0.4, 0.5) is 5.69 Å². The number of hydrogen-bond acceptors (Lipinski definition) is 5. The molecule has 1 heterocycles. The average Bonchev–Trinajstić information content (AvgIpc) is 2.99. The molecule has 2 aromatic carbocycles. The van der Waals surface area contributed by atoms with Crippen molar-refractivity contribution in [1.29, 1.82) is 0 Å². The lowest BCUT2D eigenvalue weighted by Crippen LogP contribution is -2.21. The summed E-state index contributed by atoms with van der Waals surface area (Å²) >= 11 is 3.33. The molecule has 1 aromatic heterocycles. The van der Waals surface area contributed by atoms with E-state index in [1.807, 2.05) is 12.1 Å². The second-order valence-corrected chi connectivity index (χ2v) is 6.00. The number of carbonyl (C=O) groups is 2. The van der Waals surface area contributed by atoms with Crippen LogP contribution in [-0.2, 0) is 9.53 Å². The summed E-state index contributed by atoms with van der Waals surface area (Å²) in [7, 11) is 1.25. The predicted octanol–water partition coefficient (Wildman–Crippen LogP) is 4.00. The van der Waals surface area contributed by atoms with Gasteiger partial charge in [-0.2, -0.15) is 0 Å². The number of rotatable bonds is 5. The van der Waals surface area contributed by atoms with Gasteiger partial charge in [0.25, 0.3) is 5.91 Å². The van der Waals surface area contributed by atoms with E-state index in [0.717, 1.165) is 4.47 Å². The lowest BCUT2D eigenvalue weighted by molar-refractivity contribution is -0.118. The molecule has 3 rings (SSSR count). The molecule has 0 radical (unpaired) electrons. The summed E-state index contributed by atoms with van der Waals surface area (Å²) in [6, 6.07) is 14.1. The predicted molar refractivity (Wildman–Crippen MR) is 95.8 cm³/mol. The number of anilines is 1. The van der Waals surface area contributed by atoms with Gasteiger partial charge in [0.2, 0.25) is 5.76 Å². The fourth-order valence-electron chi connectivity index (χ4n) is 2.26. The summed E-state index contributed by atoms with van der Waals surface area (Å²) in [5.74, 6) is -0.579. The third-order valence-corrected chi connectivity index (χ3v) is 3.94. The Morgan fingerprint density at radius 2 is 1.84 bits per heavy atom. The zero-order valence-corrected chi connectivity index (χ0v) is 14.8. The lowest BCUT2D eigenvalue weighted by atomic mass is 10.2. The third kappa shape index (κ3) is 3.83. The SMILES string of the molecule is COC(=O)c1oc2ccccc2c1NC(=O)COc1ccc(Br)cc1. The second-order valence-electron chi connectivity index (χ2n) is 5.08. The van der Waals surface area contributed by atoms with Gasteiger partial charge in [0.15, 0.2) is 6.61 Å². The molecule has 0 bridgehead atoms. The Morgan fingerprint density at radius 1 is 1.12 bits per heavy atom. The average molecular weight is 404 g/mol. The molecule has 128 valence electrons. The van der Waals surface area contributed by atoms with Gasteiger partial charge in [0.1, 0.15) is 17.0 Å². The standard InChI is InChI=1S/C18H14BrNO5/c1-23-18(22)17-16(13-4-2-3-5-14(13)25-17)20-15(21)10-24-12-8-6-11(19)7-9-12/h2-9H,10H2,1H3,(H,20,21). The Kier molecular flexibility index (Phi) is 5.04. The summed E-state index contributed by atoms with van der Waals surface area (Å²) in [5.41, 5.74) is 0.749. The first-order chi connectivity index (χ1) is 12.1. The van der Waals surface area contributed by atoms with Gasteiger partial charge in [-0.3, -0.25) is 4.79 Å². The van der Waals surface area contributed by atoms with Crippen LogP contribution in [0.25, 0.3) is 11.0 Å². The van der Waals surface area contributed by atoms with Crippen molar-refractivity contribution in [2.45, 2.75) is 0 Å². The Hall–Kier alpha value is -2.80. The van der Waals surface area contributed by atoms with Gasteiger partial charge >= 0.3 is 5.97 Å². The van der Waals surface area contributed by atoms with E-state index < -0.39 is 11.9 Å². The molecule has 0 unspecified atom stereocenters. The molecule has 1 N–H and O–H groups in total. The fourth-order valence-corrected chi connectivity index (χ4v) is 2.53. The van der Waals surface area contributed by atoms with E-state index in [-0.39, 0.29) is 18.1 Å². The third-order valence-electron chi connectivity index (χ3n) is 3.41. The highest BCUT2D eigenvalue weighted by molar-refractivity contribution is 9.10. The molecule has 0 saturated heterocycles. The van der Waals surface area contributed by atoms with Crippen molar-refractivity contribution in [3.05, 3.63) is 58.8 Å². The number of furan rings is 1. The van der Waals surface area contributed by atoms with Crippen LogP contribution in [0.5, 0.6) is 5.75 Å². The normalized spacial score (nSPS) is 10.5. The van der Waals surface area contributed by atoms with E-state index in [2.05, 4.69) is 21.2 Å². The first-order valence-electron chi connectivity index (χ1n) is 7.36. The van der Waals surface area contributed by atoms with Crippen LogP contribution in [0.1, 0.15) is 10.6 Å². The number of fused-ring (bicyclic) bond motifs is 1. The van der Waals surface area contributed by atoms with Crippen LogP contribution in [0, 0.1) is 0 Å². The van der Waals surface area contributed by atoms with E-state index in [1.54, 1.807) is 36.4 Å². The molecule has 0 aliphatic carbocycles. The molecule has 25 heavy (non-hydrogen) atoms. The molecule has 0 atom stereocenters. The topological polar surface area (TPSA) is 77.8 Å². The smallest absolute Gasteiger partial charge is 0.376 e. The highest BCUT2D eigenvalue weighted by Crippen LogP contribution is 2.31. The largest absolute Gasteiger partial charge is 0.484 e. The van der Waals surface area contributed by atoms with Crippen LogP contribution in [-0.4, -0.2) is 25.6 Å². The Bertz CT molecular complexity index is 917. The summed E-state index contributed by atoms with van der Waals surface area (Å²) in [4.78, 5) is 24.1. The molecule has 7 heteroatoms. The Morgan fingerprint density at radius 3 is 2.56 bits per heavy atom. The first-order valence-corrected chi connectivity index (χ1v) is 8.16. The summed E-state index contributed by atoms with van der Waals surface area (Å²) in [6.45, 7) is -0.207. The Labute approximate surface area is 151 Å². The first kappa shape index (κ1) is 17.0. The summed E-state index contributed by atoms with van der Waals surface area (Å²) in [6.07, 6.45) is 0. The molecule has 1 amide bonds. The monoisotopic (exact) mass is 403 g/mol. The van der Waals surface area contributed by atoms with E-state index >= 15 is 0 Å². The quantitative estimate of drug-likeness (QED) is 0.651. The number of hydrogen-bond donors (Lipinski definition) is 1. The zero-order valence-electron chi connectivity index (χ0n) is 13.2. The van der Waals surface area contributed by atoms with Crippen LogP contribution in [0.15, 0.2) is 57.4 Å². The maximum absolute atomic E-state index is 12.2. The van der Waals surface area contributed by atoms with Crippen LogP contribution < -0.4 is 10.1 Å². The van der Waals surface area contributed by atoms with Crippen molar-refractivity contribution >= 4 is 44.5 Å². The van der Waals surface area contributed by atoms with Gasteiger partial charge in [0.05, 0.1) is 7.11 Å². The minimum absolute atomic E-state index is 0.0549. The molecule has 0 aliphatic rings. The number of amides is 1. The van der Waals surface area contributed by atoms with Crippen LogP contribution >= 0.6 is 15.9 Å². The van der Waals surface area contributed by atoms with E-state index in [1.165, 1.54) is 7.11 Å². The van der Waals surface area contributed by atoms with Gasteiger partial charge < -0.3 is 19.2 Å². The molecule has 0 aliphatic heterocycles. The maximum atomic E-state index is 12.2. The van der Waals surface area contributed by atoms with Crippen LogP contribution in [0.2, 0.25) is 0 Å². The maximum Gasteiger partial charge on any atom is 0.376 e. The van der Waals surface area contributed by atoms with E-state index in [9.17, 15) is 9.59 Å². The van der Waals surface area contributed by atoms with Crippen LogP contribution in [0.3, 0.4) is 0 Å². The van der Waals surface area contributed by atoms with E-state index in [4.69, 9.17) is 13.9 Å². The minimum atomic E-state index is -0.666. The fraction of sp³-hybridized carbons (Fsp3) is 0.111. The number of methoxy groups -OCH3 is 1. The van der Waals surface area contributed by atoms with Crippen molar-refractivity contribution in [2.75, 3.05) is 19.0 Å². The van der Waals surface area contributed by atoms with E-state index in [0.29, 0.717) is 16.7 Å². The molecular formula is C18H14BrNO5. The zero-order chi connectivity index (χ0) is 17.8. The number of halogens is 1. The summed E-state index contributed by atoms with van der Waals surface area (Å²) < 4.78 is 16.5. The number of ether oxygens (including phenoxy) is 2. The van der Waals surface area contributed by atoms with Crippen molar-refractivity contribution in [1.82, 2.24) is 0 Å². The molecule has 0 spiro atoms. The second kappa shape index (κ2) is 7.40.